The summed E-state index contributed by atoms with van der Waals surface area (Å²) in [6.45, 7) is 6.75. The third kappa shape index (κ3) is 12.3. The Kier molecular flexibility index (Phi) is 16.0. The van der Waals surface area contributed by atoms with Crippen molar-refractivity contribution in [1.82, 2.24) is 34.9 Å². The molecule has 16 heteroatoms. The minimum atomic E-state index is -1.13. The van der Waals surface area contributed by atoms with Gasteiger partial charge in [0, 0.05) is 47.9 Å². The topological polar surface area (TPSA) is 159 Å². The zero-order valence-corrected chi connectivity index (χ0v) is 41.0. The van der Waals surface area contributed by atoms with Gasteiger partial charge in [0.2, 0.25) is 17.7 Å². The smallest absolute Gasteiger partial charge is 0.304 e. The van der Waals surface area contributed by atoms with Gasteiger partial charge in [0.15, 0.2) is 0 Å². The lowest BCUT2D eigenvalue weighted by atomic mass is 9.81. The number of hydrogen-bond donors (Lipinski definition) is 3. The molecule has 2 saturated heterocycles. The van der Waals surface area contributed by atoms with E-state index in [4.69, 9.17) is 32.7 Å². The molecular formula is C52H61Cl2N7O7. The van der Waals surface area contributed by atoms with Gasteiger partial charge >= 0.3 is 5.97 Å². The summed E-state index contributed by atoms with van der Waals surface area (Å²) in [5.41, 5.74) is 2.42. The highest BCUT2D eigenvalue weighted by Crippen LogP contribution is 2.34. The number of rotatable bonds is 18. The van der Waals surface area contributed by atoms with E-state index in [2.05, 4.69) is 25.1 Å². The Bertz CT molecular complexity index is 2570. The number of carbonyl (C=O) groups is 4. The van der Waals surface area contributed by atoms with Crippen LogP contribution in [0.4, 0.5) is 0 Å². The van der Waals surface area contributed by atoms with E-state index in [1.54, 1.807) is 49.9 Å². The van der Waals surface area contributed by atoms with E-state index in [0.717, 1.165) is 40.3 Å². The zero-order chi connectivity index (χ0) is 48.8. The number of aromatic nitrogens is 2. The van der Waals surface area contributed by atoms with Crippen LogP contribution in [0.5, 0.6) is 11.5 Å². The number of carboxylic acids is 1. The first kappa shape index (κ1) is 50.1. The number of aliphatic carboxylic acids is 1. The van der Waals surface area contributed by atoms with Gasteiger partial charge in [0.1, 0.15) is 29.1 Å². The molecule has 3 heterocycles. The second-order valence-corrected chi connectivity index (χ2v) is 19.6. The third-order valence-corrected chi connectivity index (χ3v) is 13.3. The van der Waals surface area contributed by atoms with Crippen molar-refractivity contribution in [2.45, 2.75) is 89.3 Å². The second-order valence-electron chi connectivity index (χ2n) is 18.7. The van der Waals surface area contributed by atoms with Gasteiger partial charge in [0.05, 0.1) is 49.0 Å². The Morgan fingerprint density at radius 3 is 2.34 bits per heavy atom. The van der Waals surface area contributed by atoms with Crippen molar-refractivity contribution in [3.8, 4) is 22.8 Å². The molecule has 3 N–H and O–H groups in total. The summed E-state index contributed by atoms with van der Waals surface area (Å²) >= 11 is 12.7. The van der Waals surface area contributed by atoms with Gasteiger partial charge in [-0.3, -0.25) is 24.1 Å². The number of halogens is 2. The standard InChI is InChI=1S/C52H61Cl2N7O7/c1-34(55-29-38-15-20-41(54)27-45(38)68-42-21-16-37(17-22-42)43-30-56-46(59(43)6)31-58(4)5)49(65)61-44(32-67-51(61,2)3)48(64)57-52(28-36-13-18-40(53)19-14-36)23-10-24-60(33-52)50(66)39(26-47(62)63)25-35-11-8-7-9-12-35/h7-9,11-22,27,30,34,39,44,55H,10,23-26,28-29,31-33H2,1-6H3,(H,57,64)(H,62,63)/t34-,39+,44-,52+/m0/s1. The van der Waals surface area contributed by atoms with Crippen LogP contribution in [-0.4, -0.2) is 110 Å². The van der Waals surface area contributed by atoms with Gasteiger partial charge in [-0.15, -0.1) is 0 Å². The van der Waals surface area contributed by atoms with Crippen LogP contribution in [-0.2, 0) is 56.9 Å². The van der Waals surface area contributed by atoms with Gasteiger partial charge in [-0.05, 0) is 120 Å². The van der Waals surface area contributed by atoms with Crippen LogP contribution in [0.3, 0.4) is 0 Å². The number of benzene rings is 4. The predicted octanol–water partition coefficient (Wildman–Crippen LogP) is 7.74. The minimum absolute atomic E-state index is 0.0411. The fourth-order valence-electron chi connectivity index (χ4n) is 9.27. The molecule has 2 aliphatic heterocycles. The summed E-state index contributed by atoms with van der Waals surface area (Å²) in [7, 11) is 6.02. The lowest BCUT2D eigenvalue weighted by Crippen LogP contribution is -2.65. The molecule has 7 rings (SSSR count). The van der Waals surface area contributed by atoms with Crippen molar-refractivity contribution in [2.24, 2.45) is 13.0 Å². The largest absolute Gasteiger partial charge is 0.481 e. The Morgan fingerprint density at radius 2 is 1.65 bits per heavy atom. The average molecular weight is 967 g/mol. The number of nitrogens with one attached hydrogen (secondary N) is 2. The van der Waals surface area contributed by atoms with Crippen molar-refractivity contribution >= 4 is 46.9 Å². The normalized spacial score (nSPS) is 18.9. The van der Waals surface area contributed by atoms with Gasteiger partial charge in [-0.25, -0.2) is 4.98 Å². The molecular weight excluding hydrogens is 906 g/mol. The first-order valence-corrected chi connectivity index (χ1v) is 23.7. The molecule has 5 aromatic rings. The number of hydrogen-bond acceptors (Lipinski definition) is 9. The molecule has 0 saturated carbocycles. The molecule has 2 aliphatic rings. The van der Waals surface area contributed by atoms with Crippen LogP contribution in [0.1, 0.15) is 62.5 Å². The van der Waals surface area contributed by atoms with Gasteiger partial charge < -0.3 is 39.6 Å². The number of piperidine rings is 1. The van der Waals surface area contributed by atoms with E-state index in [-0.39, 0.29) is 44.4 Å². The van der Waals surface area contributed by atoms with Crippen molar-refractivity contribution in [1.29, 1.82) is 0 Å². The molecule has 2 fully saturated rings. The van der Waals surface area contributed by atoms with Crippen LogP contribution in [0.25, 0.3) is 11.3 Å². The third-order valence-electron chi connectivity index (χ3n) is 12.8. The fourth-order valence-corrected chi connectivity index (χ4v) is 9.56. The van der Waals surface area contributed by atoms with Crippen molar-refractivity contribution in [2.75, 3.05) is 33.8 Å². The molecule has 0 radical (unpaired) electrons. The Hall–Kier alpha value is -5.77. The lowest BCUT2D eigenvalue weighted by Gasteiger charge is -2.45. The van der Waals surface area contributed by atoms with Gasteiger partial charge in [-0.1, -0.05) is 71.7 Å². The Balaban J connectivity index is 1.06. The SMILES string of the molecule is C[C@H](NCc1ccc(Cl)cc1Oc1ccc(-c2cnc(CN(C)C)n2C)cc1)C(=O)N1[C@H](C(=O)N[C@@]2(Cc3ccc(Cl)cc3)CCCN(C(=O)[C@@H](CC(=O)O)Cc3ccccc3)C2)COC1(C)C. The number of ether oxygens (including phenoxy) is 2. The molecule has 0 unspecified atom stereocenters. The molecule has 68 heavy (non-hydrogen) atoms. The summed E-state index contributed by atoms with van der Waals surface area (Å²) in [5, 5.41) is 17.6. The molecule has 4 aromatic carbocycles. The van der Waals surface area contributed by atoms with E-state index in [1.165, 1.54) is 4.90 Å². The number of carbonyl (C=O) groups excluding carboxylic acids is 3. The van der Waals surface area contributed by atoms with Crippen LogP contribution in [0.15, 0.2) is 103 Å². The molecule has 14 nitrogen and oxygen atoms in total. The fraction of sp³-hybridized carbons (Fsp3) is 0.404. The summed E-state index contributed by atoms with van der Waals surface area (Å²) in [6.07, 6.45) is 3.27. The van der Waals surface area contributed by atoms with Crippen LogP contribution in [0, 0.1) is 5.92 Å². The highest BCUT2D eigenvalue weighted by atomic mass is 35.5. The van der Waals surface area contributed by atoms with E-state index in [0.29, 0.717) is 47.4 Å². The summed E-state index contributed by atoms with van der Waals surface area (Å²) in [4.78, 5) is 65.5. The van der Waals surface area contributed by atoms with Crippen molar-refractivity contribution in [3.63, 3.8) is 0 Å². The first-order valence-electron chi connectivity index (χ1n) is 22.9. The number of amides is 3. The van der Waals surface area contributed by atoms with E-state index < -0.39 is 41.1 Å². The van der Waals surface area contributed by atoms with Crippen molar-refractivity contribution < 1.29 is 33.8 Å². The molecule has 4 atom stereocenters. The predicted molar refractivity (Wildman–Crippen MR) is 262 cm³/mol. The minimum Gasteiger partial charge on any atom is -0.481 e. The van der Waals surface area contributed by atoms with Crippen LogP contribution < -0.4 is 15.4 Å². The maximum Gasteiger partial charge on any atom is 0.304 e. The quantitative estimate of drug-likeness (QED) is 0.0794. The number of nitrogens with zero attached hydrogens (tertiary/aromatic N) is 5. The molecule has 3 amide bonds. The first-order chi connectivity index (χ1) is 32.4. The number of likely N-dealkylation sites (tertiary alicyclic amines) is 1. The van der Waals surface area contributed by atoms with Gasteiger partial charge in [-0.2, -0.15) is 0 Å². The van der Waals surface area contributed by atoms with E-state index in [9.17, 15) is 24.3 Å². The number of imidazole rings is 1. The van der Waals surface area contributed by atoms with Gasteiger partial charge in [0.25, 0.3) is 0 Å². The van der Waals surface area contributed by atoms with Crippen molar-refractivity contribution in [3.05, 3.63) is 136 Å². The summed E-state index contributed by atoms with van der Waals surface area (Å²) in [6, 6.07) is 28.1. The molecule has 0 aliphatic carbocycles. The molecule has 0 spiro atoms. The zero-order valence-electron chi connectivity index (χ0n) is 39.5. The second kappa shape index (κ2) is 21.7. The van der Waals surface area contributed by atoms with E-state index >= 15 is 0 Å². The summed E-state index contributed by atoms with van der Waals surface area (Å²) < 4.78 is 14.6. The average Bonchev–Trinajstić information content (AvgIpc) is 3.83. The Morgan fingerprint density at radius 1 is 0.941 bits per heavy atom. The monoisotopic (exact) mass is 965 g/mol. The highest BCUT2D eigenvalue weighted by Gasteiger charge is 2.50. The highest BCUT2D eigenvalue weighted by molar-refractivity contribution is 6.31. The lowest BCUT2D eigenvalue weighted by molar-refractivity contribution is -0.152. The van der Waals surface area contributed by atoms with Crippen LogP contribution >= 0.6 is 23.2 Å². The van der Waals surface area contributed by atoms with Crippen LogP contribution in [0.2, 0.25) is 10.0 Å². The molecule has 0 bridgehead atoms. The maximum absolute atomic E-state index is 14.7. The Labute approximate surface area is 408 Å². The molecule has 1 aromatic heterocycles. The van der Waals surface area contributed by atoms with E-state index in [1.807, 2.05) is 100 Å². The summed E-state index contributed by atoms with van der Waals surface area (Å²) in [5.74, 6) is -0.815. The molecule has 360 valence electrons. The number of carboxylic acid groups (broad SMARTS) is 1. The maximum atomic E-state index is 14.7.